The number of hydrogen-bond acceptors (Lipinski definition) is 2. The number of aliphatic imine (C=N–C) groups is 1. The van der Waals surface area contributed by atoms with Crippen LogP contribution in [0, 0.1) is 0 Å². The number of aryl methyl sites for hydroxylation is 1. The molecular formula is C12H12N2O. The average Bonchev–Trinajstić information content (AvgIpc) is 2.61. The van der Waals surface area contributed by atoms with E-state index in [0.29, 0.717) is 0 Å². The fourth-order valence-electron chi connectivity index (χ4n) is 1.32. The average molecular weight is 200 g/mol. The maximum Gasteiger partial charge on any atom is 0.117 e. The van der Waals surface area contributed by atoms with Gasteiger partial charge in [-0.15, -0.1) is 0 Å². The summed E-state index contributed by atoms with van der Waals surface area (Å²) in [6.07, 6.45) is 3.73. The van der Waals surface area contributed by atoms with Crippen molar-refractivity contribution in [3.63, 3.8) is 0 Å². The minimum Gasteiger partial charge on any atom is -0.508 e. The molecule has 0 saturated heterocycles. The predicted octanol–water partition coefficient (Wildman–Crippen LogP) is 2.48. The van der Waals surface area contributed by atoms with E-state index in [1.54, 1.807) is 24.4 Å². The third kappa shape index (κ3) is 2.26. The van der Waals surface area contributed by atoms with Crippen LogP contribution in [-0.4, -0.2) is 15.9 Å². The molecule has 1 aromatic carbocycles. The molecule has 0 spiro atoms. The maximum absolute atomic E-state index is 9.25. The number of aromatic nitrogens is 1. The van der Waals surface area contributed by atoms with Crippen molar-refractivity contribution in [1.29, 1.82) is 0 Å². The fraction of sp³-hybridized carbons (Fsp3) is 0.0833. The molecule has 2 rings (SSSR count). The smallest absolute Gasteiger partial charge is 0.117 e. The molecule has 0 saturated carbocycles. The van der Waals surface area contributed by atoms with Crippen molar-refractivity contribution in [3.8, 4) is 5.75 Å². The zero-order valence-electron chi connectivity index (χ0n) is 8.46. The SMILES string of the molecule is Cn1cccc1C=Nc1cccc(O)c1. The van der Waals surface area contributed by atoms with E-state index in [2.05, 4.69) is 4.99 Å². The Kier molecular flexibility index (Phi) is 2.54. The normalized spacial score (nSPS) is 11.0. The zero-order valence-corrected chi connectivity index (χ0v) is 8.46. The number of hydrogen-bond donors (Lipinski definition) is 1. The Hall–Kier alpha value is -2.03. The summed E-state index contributed by atoms with van der Waals surface area (Å²) >= 11 is 0. The van der Waals surface area contributed by atoms with E-state index in [-0.39, 0.29) is 5.75 Å². The molecule has 2 aromatic rings. The minimum atomic E-state index is 0.233. The molecule has 0 fully saturated rings. The lowest BCUT2D eigenvalue weighted by molar-refractivity contribution is 0.475. The van der Waals surface area contributed by atoms with Crippen molar-refractivity contribution in [1.82, 2.24) is 4.57 Å². The van der Waals surface area contributed by atoms with Crippen molar-refractivity contribution in [3.05, 3.63) is 48.3 Å². The van der Waals surface area contributed by atoms with E-state index in [1.165, 1.54) is 0 Å². The van der Waals surface area contributed by atoms with E-state index in [4.69, 9.17) is 0 Å². The molecule has 0 unspecified atom stereocenters. The molecule has 0 aliphatic heterocycles. The number of aromatic hydroxyl groups is 1. The lowest BCUT2D eigenvalue weighted by atomic mass is 10.3. The highest BCUT2D eigenvalue weighted by Crippen LogP contribution is 2.18. The number of benzene rings is 1. The van der Waals surface area contributed by atoms with Gasteiger partial charge in [0, 0.05) is 19.3 Å². The molecule has 1 aromatic heterocycles. The van der Waals surface area contributed by atoms with E-state index in [0.717, 1.165) is 11.4 Å². The Morgan fingerprint density at radius 3 is 2.80 bits per heavy atom. The second kappa shape index (κ2) is 4.00. The Labute approximate surface area is 88.3 Å². The molecule has 15 heavy (non-hydrogen) atoms. The molecule has 0 radical (unpaired) electrons. The topological polar surface area (TPSA) is 37.5 Å². The molecule has 76 valence electrons. The van der Waals surface area contributed by atoms with Crippen LogP contribution in [-0.2, 0) is 7.05 Å². The van der Waals surface area contributed by atoms with Gasteiger partial charge < -0.3 is 9.67 Å². The number of phenols is 1. The van der Waals surface area contributed by atoms with Gasteiger partial charge in [-0.05, 0) is 24.3 Å². The molecule has 1 heterocycles. The van der Waals surface area contributed by atoms with Crippen LogP contribution in [0.15, 0.2) is 47.6 Å². The second-order valence-electron chi connectivity index (χ2n) is 3.32. The van der Waals surface area contributed by atoms with E-state index in [9.17, 15) is 5.11 Å². The molecular weight excluding hydrogens is 188 g/mol. The Morgan fingerprint density at radius 1 is 1.27 bits per heavy atom. The van der Waals surface area contributed by atoms with Gasteiger partial charge in [0.05, 0.1) is 17.6 Å². The van der Waals surface area contributed by atoms with Crippen LogP contribution in [0.3, 0.4) is 0 Å². The van der Waals surface area contributed by atoms with Gasteiger partial charge in [-0.25, -0.2) is 0 Å². The Bertz CT molecular complexity index is 486. The van der Waals surface area contributed by atoms with Gasteiger partial charge in [0.15, 0.2) is 0 Å². The molecule has 0 aliphatic rings. The van der Waals surface area contributed by atoms with Gasteiger partial charge in [0.25, 0.3) is 0 Å². The second-order valence-corrected chi connectivity index (χ2v) is 3.32. The fourth-order valence-corrected chi connectivity index (χ4v) is 1.32. The van der Waals surface area contributed by atoms with Crippen LogP contribution < -0.4 is 0 Å². The van der Waals surface area contributed by atoms with Crippen molar-refractivity contribution in [2.75, 3.05) is 0 Å². The zero-order chi connectivity index (χ0) is 10.7. The van der Waals surface area contributed by atoms with Gasteiger partial charge in [0.1, 0.15) is 5.75 Å². The summed E-state index contributed by atoms with van der Waals surface area (Å²) in [6, 6.07) is 10.8. The monoisotopic (exact) mass is 200 g/mol. The van der Waals surface area contributed by atoms with Gasteiger partial charge in [-0.3, -0.25) is 4.99 Å². The molecule has 0 aliphatic carbocycles. The highest BCUT2D eigenvalue weighted by Gasteiger charge is 1.93. The summed E-state index contributed by atoms with van der Waals surface area (Å²) in [5.41, 5.74) is 1.77. The highest BCUT2D eigenvalue weighted by atomic mass is 16.3. The summed E-state index contributed by atoms with van der Waals surface area (Å²) in [4.78, 5) is 4.26. The van der Waals surface area contributed by atoms with Gasteiger partial charge in [0.2, 0.25) is 0 Å². The first kappa shape index (κ1) is 9.52. The van der Waals surface area contributed by atoms with Crippen LogP contribution in [0.2, 0.25) is 0 Å². The first-order valence-corrected chi connectivity index (χ1v) is 4.70. The quantitative estimate of drug-likeness (QED) is 0.743. The van der Waals surface area contributed by atoms with Crippen LogP contribution in [0.4, 0.5) is 5.69 Å². The largest absolute Gasteiger partial charge is 0.508 e. The summed E-state index contributed by atoms with van der Waals surface area (Å²) < 4.78 is 1.98. The van der Waals surface area contributed by atoms with Crippen molar-refractivity contribution >= 4 is 11.9 Å². The third-order valence-corrected chi connectivity index (χ3v) is 2.16. The summed E-state index contributed by atoms with van der Waals surface area (Å²) in [6.45, 7) is 0. The van der Waals surface area contributed by atoms with Crippen LogP contribution in [0.1, 0.15) is 5.69 Å². The van der Waals surface area contributed by atoms with Crippen molar-refractivity contribution < 1.29 is 5.11 Å². The van der Waals surface area contributed by atoms with Gasteiger partial charge in [-0.2, -0.15) is 0 Å². The van der Waals surface area contributed by atoms with E-state index in [1.807, 2.05) is 36.0 Å². The summed E-state index contributed by atoms with van der Waals surface area (Å²) in [5.74, 6) is 0.233. The number of phenolic OH excluding ortho intramolecular Hbond substituents is 1. The van der Waals surface area contributed by atoms with Crippen LogP contribution in [0.5, 0.6) is 5.75 Å². The van der Waals surface area contributed by atoms with Crippen molar-refractivity contribution in [2.24, 2.45) is 12.0 Å². The summed E-state index contributed by atoms with van der Waals surface area (Å²) in [7, 11) is 1.96. The van der Waals surface area contributed by atoms with Crippen molar-refractivity contribution in [2.45, 2.75) is 0 Å². The van der Waals surface area contributed by atoms with Crippen LogP contribution in [0.25, 0.3) is 0 Å². The lowest BCUT2D eigenvalue weighted by Gasteiger charge is -1.96. The summed E-state index contributed by atoms with van der Waals surface area (Å²) in [5, 5.41) is 9.25. The predicted molar refractivity (Wildman–Crippen MR) is 60.8 cm³/mol. The van der Waals surface area contributed by atoms with Gasteiger partial charge in [-0.1, -0.05) is 6.07 Å². The highest BCUT2D eigenvalue weighted by molar-refractivity contribution is 5.80. The van der Waals surface area contributed by atoms with Gasteiger partial charge >= 0.3 is 0 Å². The van der Waals surface area contributed by atoms with E-state index >= 15 is 0 Å². The maximum atomic E-state index is 9.25. The lowest BCUT2D eigenvalue weighted by Crippen LogP contribution is -1.91. The van der Waals surface area contributed by atoms with Crippen LogP contribution >= 0.6 is 0 Å². The number of nitrogens with zero attached hydrogens (tertiary/aromatic N) is 2. The Balaban J connectivity index is 2.22. The van der Waals surface area contributed by atoms with E-state index < -0.39 is 0 Å². The Morgan fingerprint density at radius 2 is 2.13 bits per heavy atom. The third-order valence-electron chi connectivity index (χ3n) is 2.16. The molecule has 0 amide bonds. The molecule has 0 bridgehead atoms. The molecule has 3 nitrogen and oxygen atoms in total. The molecule has 3 heteroatoms. The standard InChI is InChI=1S/C12H12N2O/c1-14-7-3-5-11(14)9-13-10-4-2-6-12(15)8-10/h2-9,15H,1H3. The molecule has 0 atom stereocenters. The first-order chi connectivity index (χ1) is 7.25. The first-order valence-electron chi connectivity index (χ1n) is 4.70. The number of rotatable bonds is 2. The minimum absolute atomic E-state index is 0.233. The molecule has 1 N–H and O–H groups in total.